The molecule has 612 valence electrons. The number of hydrogen-bond donors (Lipinski definition) is 3. The zero-order chi connectivity index (χ0) is 76.0. The van der Waals surface area contributed by atoms with E-state index in [1.807, 2.05) is 0 Å². The maximum Gasteiger partial charge on any atom is 0.472 e. The summed E-state index contributed by atoms with van der Waals surface area (Å²) in [6.45, 7) is 14.3. The van der Waals surface area contributed by atoms with Gasteiger partial charge in [-0.15, -0.1) is 0 Å². The Morgan fingerprint density at radius 1 is 0.272 bits per heavy atom. The van der Waals surface area contributed by atoms with Crippen LogP contribution >= 0.6 is 15.6 Å². The Morgan fingerprint density at radius 3 is 0.689 bits per heavy atom. The molecule has 0 heterocycles. The van der Waals surface area contributed by atoms with Crippen LogP contribution in [0.25, 0.3) is 0 Å². The minimum Gasteiger partial charge on any atom is -0.462 e. The highest BCUT2D eigenvalue weighted by Gasteiger charge is 2.30. The van der Waals surface area contributed by atoms with E-state index >= 15 is 0 Å². The van der Waals surface area contributed by atoms with Gasteiger partial charge in [0.15, 0.2) is 12.2 Å². The van der Waals surface area contributed by atoms with Crippen molar-refractivity contribution in [3.8, 4) is 0 Å². The first-order chi connectivity index (χ1) is 49.7. The van der Waals surface area contributed by atoms with E-state index in [4.69, 9.17) is 37.0 Å². The molecule has 0 spiro atoms. The Hall–Kier alpha value is -1.94. The van der Waals surface area contributed by atoms with Gasteiger partial charge in [-0.3, -0.25) is 37.3 Å². The van der Waals surface area contributed by atoms with Crippen LogP contribution < -0.4 is 0 Å². The van der Waals surface area contributed by atoms with Crippen LogP contribution in [0.15, 0.2) is 0 Å². The fourth-order valence-corrected chi connectivity index (χ4v) is 14.5. The number of unbranched alkanes of at least 4 members (excludes halogenated alkanes) is 45. The third-order valence-electron chi connectivity index (χ3n) is 20.3. The molecule has 0 aliphatic rings. The van der Waals surface area contributed by atoms with E-state index in [-0.39, 0.29) is 25.7 Å². The smallest absolute Gasteiger partial charge is 0.462 e. The number of carbonyl (C=O) groups is 4. The summed E-state index contributed by atoms with van der Waals surface area (Å²) >= 11 is 0. The molecule has 0 saturated heterocycles. The number of hydrogen-bond acceptors (Lipinski definition) is 15. The molecular formula is C84H164O17P2. The predicted molar refractivity (Wildman–Crippen MR) is 423 cm³/mol. The van der Waals surface area contributed by atoms with Crippen LogP contribution in [0.3, 0.4) is 0 Å². The molecule has 0 amide bonds. The average Bonchev–Trinajstić information content (AvgIpc) is 0.970. The molecule has 0 fully saturated rings. The number of aliphatic hydroxyl groups is 1. The molecule has 0 radical (unpaired) electrons. The normalized spacial score (nSPS) is 14.5. The standard InChI is InChI=1S/C84H164O17P2/c1-9-76(7)62-54-46-38-30-24-20-15-13-11-12-14-16-21-25-32-40-48-56-64-81(86)94-70-79(100-83(88)66-58-50-41-33-26-22-18-17-19-23-29-36-44-52-60-74(3)4)72-98-102(90,91)96-68-78(85)69-97-103(92,93)99-73-80(71-95-82(87)65-57-49-43-35-37-45-53-61-75(5)6)101-84(89)67-59-51-42-34-28-27-31-39-47-55-63-77(8)10-2/h74-80,85H,9-73H2,1-8H3,(H,90,91)(H,92,93)/t76?,77?,78?,79-,80-/m1/s1. The maximum absolute atomic E-state index is 13.1. The Labute approximate surface area is 632 Å². The van der Waals surface area contributed by atoms with E-state index in [9.17, 15) is 43.2 Å². The number of carbonyl (C=O) groups excluding carboxylic acids is 4. The number of aliphatic hydroxyl groups excluding tert-OH is 1. The number of phosphoric acid groups is 2. The molecule has 0 bridgehead atoms. The molecule has 19 heteroatoms. The molecule has 0 aromatic rings. The lowest BCUT2D eigenvalue weighted by Gasteiger charge is -2.21. The summed E-state index contributed by atoms with van der Waals surface area (Å²) in [6.07, 6.45) is 61.1. The quantitative estimate of drug-likeness (QED) is 0.0222. The fourth-order valence-electron chi connectivity index (χ4n) is 12.9. The van der Waals surface area contributed by atoms with Crippen molar-refractivity contribution in [1.82, 2.24) is 0 Å². The summed E-state index contributed by atoms with van der Waals surface area (Å²) in [4.78, 5) is 73.1. The van der Waals surface area contributed by atoms with Crippen LogP contribution in [-0.2, 0) is 65.4 Å². The third kappa shape index (κ3) is 75.3. The van der Waals surface area contributed by atoms with Crippen LogP contribution in [-0.4, -0.2) is 96.7 Å². The number of esters is 4. The van der Waals surface area contributed by atoms with Crippen molar-refractivity contribution in [2.24, 2.45) is 23.7 Å². The zero-order valence-corrected chi connectivity index (χ0v) is 69.7. The summed E-state index contributed by atoms with van der Waals surface area (Å²) in [5.74, 6) is 1.06. The van der Waals surface area contributed by atoms with E-state index in [0.29, 0.717) is 31.6 Å². The second-order valence-corrected chi connectivity index (χ2v) is 34.6. The van der Waals surface area contributed by atoms with Gasteiger partial charge in [-0.2, -0.15) is 0 Å². The van der Waals surface area contributed by atoms with Gasteiger partial charge in [0.2, 0.25) is 0 Å². The molecule has 0 aromatic heterocycles. The molecule has 3 N–H and O–H groups in total. The Balaban J connectivity index is 5.22. The predicted octanol–water partition coefficient (Wildman–Crippen LogP) is 25.2. The number of rotatable bonds is 81. The molecule has 7 atom stereocenters. The highest BCUT2D eigenvalue weighted by Crippen LogP contribution is 2.45. The number of phosphoric ester groups is 2. The summed E-state index contributed by atoms with van der Waals surface area (Å²) < 4.78 is 68.8. The lowest BCUT2D eigenvalue weighted by atomic mass is 9.99. The lowest BCUT2D eigenvalue weighted by molar-refractivity contribution is -0.161. The van der Waals surface area contributed by atoms with Crippen LogP contribution in [0.5, 0.6) is 0 Å². The van der Waals surface area contributed by atoms with Gasteiger partial charge < -0.3 is 33.8 Å². The molecule has 0 aliphatic heterocycles. The van der Waals surface area contributed by atoms with E-state index in [0.717, 1.165) is 114 Å². The van der Waals surface area contributed by atoms with Crippen LogP contribution in [0.4, 0.5) is 0 Å². The molecule has 103 heavy (non-hydrogen) atoms. The monoisotopic (exact) mass is 1510 g/mol. The van der Waals surface area contributed by atoms with Crippen molar-refractivity contribution in [3.63, 3.8) is 0 Å². The van der Waals surface area contributed by atoms with Crippen molar-refractivity contribution in [2.45, 2.75) is 453 Å². The molecule has 0 saturated carbocycles. The van der Waals surface area contributed by atoms with Crippen molar-refractivity contribution in [3.05, 3.63) is 0 Å². The van der Waals surface area contributed by atoms with E-state index in [2.05, 4.69) is 55.4 Å². The molecule has 5 unspecified atom stereocenters. The second kappa shape index (κ2) is 72.9. The van der Waals surface area contributed by atoms with E-state index in [1.54, 1.807) is 0 Å². The summed E-state index contributed by atoms with van der Waals surface area (Å²) in [5.41, 5.74) is 0. The van der Waals surface area contributed by atoms with Crippen LogP contribution in [0, 0.1) is 23.7 Å². The Bertz CT molecular complexity index is 2010. The van der Waals surface area contributed by atoms with E-state index in [1.165, 1.54) is 231 Å². The van der Waals surface area contributed by atoms with Gasteiger partial charge in [-0.25, -0.2) is 9.13 Å². The zero-order valence-electron chi connectivity index (χ0n) is 68.0. The van der Waals surface area contributed by atoms with E-state index < -0.39 is 97.5 Å². The second-order valence-electron chi connectivity index (χ2n) is 31.7. The molecular weight excluding hydrogens is 1340 g/mol. The fraction of sp³-hybridized carbons (Fsp3) is 0.952. The summed E-state index contributed by atoms with van der Waals surface area (Å²) in [5, 5.41) is 10.7. The lowest BCUT2D eigenvalue weighted by Crippen LogP contribution is -2.30. The first-order valence-electron chi connectivity index (χ1n) is 43.3. The van der Waals surface area contributed by atoms with Gasteiger partial charge >= 0.3 is 39.5 Å². The van der Waals surface area contributed by atoms with Crippen LogP contribution in [0.1, 0.15) is 434 Å². The molecule has 17 nitrogen and oxygen atoms in total. The van der Waals surface area contributed by atoms with Crippen molar-refractivity contribution in [2.75, 3.05) is 39.6 Å². The molecule has 0 aliphatic carbocycles. The van der Waals surface area contributed by atoms with Crippen LogP contribution in [0.2, 0.25) is 0 Å². The third-order valence-corrected chi connectivity index (χ3v) is 22.2. The maximum atomic E-state index is 13.1. The van der Waals surface area contributed by atoms with Gasteiger partial charge in [0, 0.05) is 25.7 Å². The average molecular weight is 1510 g/mol. The highest BCUT2D eigenvalue weighted by atomic mass is 31.2. The van der Waals surface area contributed by atoms with Gasteiger partial charge in [0.05, 0.1) is 26.4 Å². The first-order valence-corrected chi connectivity index (χ1v) is 46.3. The van der Waals surface area contributed by atoms with Gasteiger partial charge in [0.25, 0.3) is 0 Å². The highest BCUT2D eigenvalue weighted by molar-refractivity contribution is 7.47. The Morgan fingerprint density at radius 2 is 0.466 bits per heavy atom. The van der Waals surface area contributed by atoms with Gasteiger partial charge in [-0.1, -0.05) is 383 Å². The van der Waals surface area contributed by atoms with Crippen molar-refractivity contribution in [1.29, 1.82) is 0 Å². The first kappa shape index (κ1) is 101. The largest absolute Gasteiger partial charge is 0.472 e. The summed E-state index contributed by atoms with van der Waals surface area (Å²) in [7, 11) is -9.93. The van der Waals surface area contributed by atoms with Crippen molar-refractivity contribution < 1.29 is 80.2 Å². The van der Waals surface area contributed by atoms with Crippen molar-refractivity contribution >= 4 is 39.5 Å². The molecule has 0 aromatic carbocycles. The SMILES string of the molecule is CCC(C)CCCCCCCCCCCCCCCCCCCCC(=O)OC[C@H](COP(=O)(O)OCC(O)COP(=O)(O)OC[C@@H](COC(=O)CCCCCCCCCC(C)C)OC(=O)CCCCCCCCCCCCC(C)CC)OC(=O)CCCCCCCCCCCCCCCCC(C)C. The number of ether oxygens (including phenoxy) is 4. The van der Waals surface area contributed by atoms with Gasteiger partial charge in [0.1, 0.15) is 19.3 Å². The Kier molecular flexibility index (Phi) is 71.5. The topological polar surface area (TPSA) is 237 Å². The van der Waals surface area contributed by atoms with Gasteiger partial charge in [-0.05, 0) is 49.4 Å². The minimum atomic E-state index is -4.97. The molecule has 0 rings (SSSR count). The minimum absolute atomic E-state index is 0.105. The summed E-state index contributed by atoms with van der Waals surface area (Å²) in [6, 6.07) is 0.